The molecule has 0 bridgehead atoms. The SMILES string of the molecule is CNS(=O)(=O)c1ccc(CN2CCCC[C@@H]2CC(=O)O)cc1. The molecule has 2 rings (SSSR count). The Morgan fingerprint density at radius 3 is 2.59 bits per heavy atom. The Labute approximate surface area is 131 Å². The van der Waals surface area contributed by atoms with Gasteiger partial charge in [-0.2, -0.15) is 0 Å². The molecule has 22 heavy (non-hydrogen) atoms. The molecule has 1 atom stereocenters. The van der Waals surface area contributed by atoms with E-state index in [1.165, 1.54) is 7.05 Å². The molecule has 1 aliphatic rings. The van der Waals surface area contributed by atoms with Crippen LogP contribution in [0.5, 0.6) is 0 Å². The Morgan fingerprint density at radius 1 is 1.32 bits per heavy atom. The van der Waals surface area contributed by atoms with Crippen molar-refractivity contribution >= 4 is 16.0 Å². The third kappa shape index (κ3) is 4.28. The molecule has 1 saturated heterocycles. The molecule has 6 nitrogen and oxygen atoms in total. The van der Waals surface area contributed by atoms with Crippen LogP contribution < -0.4 is 4.72 Å². The second kappa shape index (κ2) is 7.21. The number of hydrogen-bond donors (Lipinski definition) is 2. The molecule has 0 aliphatic carbocycles. The summed E-state index contributed by atoms with van der Waals surface area (Å²) in [7, 11) is -2.03. The Morgan fingerprint density at radius 2 is 2.00 bits per heavy atom. The predicted octanol–water partition coefficient (Wildman–Crippen LogP) is 1.42. The van der Waals surface area contributed by atoms with Crippen LogP contribution in [0.3, 0.4) is 0 Å². The van der Waals surface area contributed by atoms with Crippen molar-refractivity contribution in [3.8, 4) is 0 Å². The largest absolute Gasteiger partial charge is 0.481 e. The quantitative estimate of drug-likeness (QED) is 0.826. The van der Waals surface area contributed by atoms with Crippen LogP contribution in [0, 0.1) is 0 Å². The summed E-state index contributed by atoms with van der Waals surface area (Å²) in [5.41, 5.74) is 0.993. The zero-order valence-electron chi connectivity index (χ0n) is 12.7. The van der Waals surface area contributed by atoms with Gasteiger partial charge in [-0.05, 0) is 44.1 Å². The van der Waals surface area contributed by atoms with Crippen LogP contribution in [0.2, 0.25) is 0 Å². The number of carboxylic acids is 1. The maximum atomic E-state index is 11.7. The average Bonchev–Trinajstić information content (AvgIpc) is 2.49. The number of carbonyl (C=O) groups is 1. The summed E-state index contributed by atoms with van der Waals surface area (Å²) in [5.74, 6) is -0.771. The number of likely N-dealkylation sites (tertiary alicyclic amines) is 1. The molecule has 1 heterocycles. The number of aliphatic carboxylic acids is 1. The van der Waals surface area contributed by atoms with Crippen LogP contribution in [0.1, 0.15) is 31.2 Å². The van der Waals surface area contributed by atoms with Gasteiger partial charge in [0.15, 0.2) is 0 Å². The minimum Gasteiger partial charge on any atom is -0.481 e. The molecule has 1 fully saturated rings. The number of rotatable bonds is 6. The van der Waals surface area contributed by atoms with Crippen molar-refractivity contribution in [2.24, 2.45) is 0 Å². The lowest BCUT2D eigenvalue weighted by Crippen LogP contribution is -2.40. The minimum atomic E-state index is -3.42. The maximum absolute atomic E-state index is 11.7. The normalized spacial score (nSPS) is 20.0. The molecule has 0 radical (unpaired) electrons. The van der Waals surface area contributed by atoms with Crippen LogP contribution in [0.4, 0.5) is 0 Å². The van der Waals surface area contributed by atoms with Crippen molar-refractivity contribution in [1.82, 2.24) is 9.62 Å². The van der Waals surface area contributed by atoms with Crippen LogP contribution in [-0.4, -0.2) is 44.0 Å². The highest BCUT2D eigenvalue weighted by Gasteiger charge is 2.24. The van der Waals surface area contributed by atoms with E-state index in [4.69, 9.17) is 5.11 Å². The van der Waals surface area contributed by atoms with Crippen molar-refractivity contribution in [3.63, 3.8) is 0 Å². The second-order valence-electron chi connectivity index (χ2n) is 5.57. The highest BCUT2D eigenvalue weighted by Crippen LogP contribution is 2.22. The molecule has 1 aromatic carbocycles. The van der Waals surface area contributed by atoms with E-state index >= 15 is 0 Å². The molecule has 2 N–H and O–H groups in total. The fourth-order valence-electron chi connectivity index (χ4n) is 2.83. The van der Waals surface area contributed by atoms with Gasteiger partial charge in [0.2, 0.25) is 10.0 Å². The van der Waals surface area contributed by atoms with Gasteiger partial charge in [-0.1, -0.05) is 18.6 Å². The highest BCUT2D eigenvalue weighted by atomic mass is 32.2. The number of nitrogens with one attached hydrogen (secondary N) is 1. The Kier molecular flexibility index (Phi) is 5.55. The molecule has 0 aromatic heterocycles. The summed E-state index contributed by atoms with van der Waals surface area (Å²) in [4.78, 5) is 13.4. The molecule has 0 saturated carbocycles. The van der Waals surface area contributed by atoms with Crippen LogP contribution in [-0.2, 0) is 21.4 Å². The molecule has 1 aromatic rings. The van der Waals surface area contributed by atoms with E-state index in [0.717, 1.165) is 31.4 Å². The van der Waals surface area contributed by atoms with Gasteiger partial charge in [0.1, 0.15) is 0 Å². The Bertz CT molecular complexity index is 613. The average molecular weight is 326 g/mol. The minimum absolute atomic E-state index is 0.0620. The zero-order chi connectivity index (χ0) is 16.2. The molecule has 0 amide bonds. The third-order valence-corrected chi connectivity index (χ3v) is 5.48. The molecule has 7 heteroatoms. The van der Waals surface area contributed by atoms with Gasteiger partial charge >= 0.3 is 5.97 Å². The van der Waals surface area contributed by atoms with Crippen molar-refractivity contribution < 1.29 is 18.3 Å². The van der Waals surface area contributed by atoms with E-state index < -0.39 is 16.0 Å². The molecule has 0 spiro atoms. The summed E-state index contributed by atoms with van der Waals surface area (Å²) >= 11 is 0. The van der Waals surface area contributed by atoms with E-state index in [2.05, 4.69) is 9.62 Å². The van der Waals surface area contributed by atoms with Gasteiger partial charge < -0.3 is 5.11 Å². The first-order valence-corrected chi connectivity index (χ1v) is 8.89. The van der Waals surface area contributed by atoms with E-state index in [1.807, 2.05) is 0 Å². The standard InChI is InChI=1S/C15H22N2O4S/c1-16-22(20,21)14-7-5-12(6-8-14)11-17-9-3-2-4-13(17)10-15(18)19/h5-8,13,16H,2-4,9-11H2,1H3,(H,18,19)/t13-/m1/s1. The van der Waals surface area contributed by atoms with Crippen LogP contribution in [0.25, 0.3) is 0 Å². The zero-order valence-corrected chi connectivity index (χ0v) is 13.5. The topological polar surface area (TPSA) is 86.7 Å². The van der Waals surface area contributed by atoms with Crippen LogP contribution >= 0.6 is 0 Å². The first kappa shape index (κ1) is 16.9. The van der Waals surface area contributed by atoms with Crippen molar-refractivity contribution in [2.45, 2.75) is 43.2 Å². The van der Waals surface area contributed by atoms with Gasteiger partial charge in [0.25, 0.3) is 0 Å². The lowest BCUT2D eigenvalue weighted by Gasteiger charge is -2.35. The number of piperidine rings is 1. The number of hydrogen-bond acceptors (Lipinski definition) is 4. The summed E-state index contributed by atoms with van der Waals surface area (Å²) in [6.07, 6.45) is 3.20. The van der Waals surface area contributed by atoms with Gasteiger partial charge in [0, 0.05) is 12.6 Å². The Balaban J connectivity index is 2.07. The van der Waals surface area contributed by atoms with E-state index in [-0.39, 0.29) is 17.4 Å². The van der Waals surface area contributed by atoms with Crippen molar-refractivity contribution in [1.29, 1.82) is 0 Å². The van der Waals surface area contributed by atoms with Gasteiger partial charge in [-0.3, -0.25) is 9.69 Å². The van der Waals surface area contributed by atoms with E-state index in [1.54, 1.807) is 24.3 Å². The number of nitrogens with zero attached hydrogens (tertiary/aromatic N) is 1. The fourth-order valence-corrected chi connectivity index (χ4v) is 3.56. The summed E-state index contributed by atoms with van der Waals surface area (Å²) in [5, 5.41) is 9.00. The van der Waals surface area contributed by atoms with Crippen molar-refractivity contribution in [2.75, 3.05) is 13.6 Å². The van der Waals surface area contributed by atoms with Crippen LogP contribution in [0.15, 0.2) is 29.2 Å². The Hall–Kier alpha value is -1.44. The first-order chi connectivity index (χ1) is 10.4. The van der Waals surface area contributed by atoms with Gasteiger partial charge in [0.05, 0.1) is 11.3 Å². The second-order valence-corrected chi connectivity index (χ2v) is 7.46. The third-order valence-electron chi connectivity index (χ3n) is 4.05. The molecular formula is C15H22N2O4S. The smallest absolute Gasteiger partial charge is 0.304 e. The summed E-state index contributed by atoms with van der Waals surface area (Å²) < 4.78 is 25.7. The van der Waals surface area contributed by atoms with Crippen molar-refractivity contribution in [3.05, 3.63) is 29.8 Å². The molecule has 1 aliphatic heterocycles. The fraction of sp³-hybridized carbons (Fsp3) is 0.533. The monoisotopic (exact) mass is 326 g/mol. The number of sulfonamides is 1. The van der Waals surface area contributed by atoms with Gasteiger partial charge in [-0.15, -0.1) is 0 Å². The lowest BCUT2D eigenvalue weighted by atomic mass is 9.98. The number of carboxylic acid groups (broad SMARTS) is 1. The summed E-state index contributed by atoms with van der Waals surface area (Å²) in [6.45, 7) is 1.53. The van der Waals surface area contributed by atoms with E-state index in [9.17, 15) is 13.2 Å². The maximum Gasteiger partial charge on any atom is 0.304 e. The summed E-state index contributed by atoms with van der Waals surface area (Å²) in [6, 6.07) is 6.80. The molecular weight excluding hydrogens is 304 g/mol. The van der Waals surface area contributed by atoms with E-state index in [0.29, 0.717) is 6.54 Å². The number of benzene rings is 1. The predicted molar refractivity (Wildman–Crippen MR) is 83.0 cm³/mol. The first-order valence-electron chi connectivity index (χ1n) is 7.40. The van der Waals surface area contributed by atoms with Gasteiger partial charge in [-0.25, -0.2) is 13.1 Å². The molecule has 0 unspecified atom stereocenters. The lowest BCUT2D eigenvalue weighted by molar-refractivity contribution is -0.138. The highest BCUT2D eigenvalue weighted by molar-refractivity contribution is 7.89. The molecule has 122 valence electrons.